The van der Waals surface area contributed by atoms with E-state index in [0.29, 0.717) is 17.1 Å². The second kappa shape index (κ2) is 7.84. The van der Waals surface area contributed by atoms with Crippen molar-refractivity contribution < 1.29 is 14.3 Å². The molecule has 2 aromatic carbocycles. The Balaban J connectivity index is 1.37. The summed E-state index contributed by atoms with van der Waals surface area (Å²) < 4.78 is 12.6. The van der Waals surface area contributed by atoms with Gasteiger partial charge in [0, 0.05) is 18.4 Å². The van der Waals surface area contributed by atoms with Crippen LogP contribution < -0.4 is 10.1 Å². The standard InChI is InChI=1S/C22H22N6O3/c1-13-20(26-27-28(13)15-5-3-6-16(12-15)30-2)22(29)23-14-8-9-17-18(11-14)25-21(24-17)19-7-4-10-31-19/h3,5-6,8-9,11-12,19H,4,7,10H2,1-2H3,(H,23,29)(H,24,25). The van der Waals surface area contributed by atoms with Crippen molar-refractivity contribution in [3.8, 4) is 11.4 Å². The topological polar surface area (TPSA) is 107 Å². The number of H-pyrrole nitrogens is 1. The van der Waals surface area contributed by atoms with Gasteiger partial charge >= 0.3 is 0 Å². The molecule has 1 amide bonds. The molecule has 0 spiro atoms. The van der Waals surface area contributed by atoms with Crippen LogP contribution in [0, 0.1) is 6.92 Å². The van der Waals surface area contributed by atoms with Crippen LogP contribution in [-0.2, 0) is 4.74 Å². The second-order valence-corrected chi connectivity index (χ2v) is 7.45. The Labute approximate surface area is 178 Å². The van der Waals surface area contributed by atoms with Crippen molar-refractivity contribution in [2.75, 3.05) is 19.0 Å². The Bertz CT molecular complexity index is 1260. The first-order valence-corrected chi connectivity index (χ1v) is 10.1. The summed E-state index contributed by atoms with van der Waals surface area (Å²) in [6, 6.07) is 13.0. The van der Waals surface area contributed by atoms with E-state index in [-0.39, 0.29) is 17.7 Å². The van der Waals surface area contributed by atoms with Crippen LogP contribution in [0.15, 0.2) is 42.5 Å². The number of ether oxygens (including phenoxy) is 2. The van der Waals surface area contributed by atoms with Gasteiger partial charge in [0.25, 0.3) is 5.91 Å². The van der Waals surface area contributed by atoms with Gasteiger partial charge in [0.1, 0.15) is 17.7 Å². The molecule has 1 unspecified atom stereocenters. The predicted octanol–water partition coefficient (Wildman–Crippen LogP) is 3.56. The molecule has 5 rings (SSSR count). The van der Waals surface area contributed by atoms with Crippen LogP contribution in [0.4, 0.5) is 5.69 Å². The molecule has 158 valence electrons. The third-order valence-corrected chi connectivity index (χ3v) is 5.40. The lowest BCUT2D eigenvalue weighted by atomic mass is 10.2. The highest BCUT2D eigenvalue weighted by molar-refractivity contribution is 6.04. The van der Waals surface area contributed by atoms with Crippen LogP contribution in [0.2, 0.25) is 0 Å². The SMILES string of the molecule is COc1cccc(-n2nnc(C(=O)Nc3ccc4nc(C5CCCO5)[nH]c4c3)c2C)c1. The highest BCUT2D eigenvalue weighted by Crippen LogP contribution is 2.29. The number of methoxy groups -OCH3 is 1. The molecule has 0 bridgehead atoms. The summed E-state index contributed by atoms with van der Waals surface area (Å²) in [4.78, 5) is 20.8. The molecule has 1 aliphatic rings. The summed E-state index contributed by atoms with van der Waals surface area (Å²) in [5.74, 6) is 1.20. The molecule has 0 radical (unpaired) electrons. The first-order valence-electron chi connectivity index (χ1n) is 10.1. The Morgan fingerprint density at radius 2 is 2.19 bits per heavy atom. The van der Waals surface area contributed by atoms with Crippen LogP contribution in [0.3, 0.4) is 0 Å². The molecule has 2 N–H and O–H groups in total. The zero-order valence-electron chi connectivity index (χ0n) is 17.3. The maximum Gasteiger partial charge on any atom is 0.278 e. The summed E-state index contributed by atoms with van der Waals surface area (Å²) in [7, 11) is 1.60. The first kappa shape index (κ1) is 19.3. The number of benzene rings is 2. The summed E-state index contributed by atoms with van der Waals surface area (Å²) >= 11 is 0. The lowest BCUT2D eigenvalue weighted by molar-refractivity contribution is 0.102. The van der Waals surface area contributed by atoms with Crippen LogP contribution in [-0.4, -0.2) is 44.6 Å². The van der Waals surface area contributed by atoms with E-state index in [4.69, 9.17) is 9.47 Å². The second-order valence-electron chi connectivity index (χ2n) is 7.45. The fourth-order valence-corrected chi connectivity index (χ4v) is 3.77. The minimum Gasteiger partial charge on any atom is -0.497 e. The third-order valence-electron chi connectivity index (χ3n) is 5.40. The van der Waals surface area contributed by atoms with Crippen molar-refractivity contribution in [1.82, 2.24) is 25.0 Å². The molecule has 2 aromatic heterocycles. The zero-order valence-corrected chi connectivity index (χ0v) is 17.3. The van der Waals surface area contributed by atoms with Crippen molar-refractivity contribution in [3.05, 3.63) is 59.7 Å². The number of imidazole rings is 1. The summed E-state index contributed by atoms with van der Waals surface area (Å²) in [6.45, 7) is 2.57. The van der Waals surface area contributed by atoms with E-state index in [1.807, 2.05) is 42.5 Å². The number of hydrogen-bond acceptors (Lipinski definition) is 6. The van der Waals surface area contributed by atoms with Crippen molar-refractivity contribution >= 4 is 22.6 Å². The lowest BCUT2D eigenvalue weighted by Gasteiger charge is -2.06. The molecule has 1 atom stereocenters. The molecule has 9 heteroatoms. The first-order chi connectivity index (χ1) is 15.1. The fourth-order valence-electron chi connectivity index (χ4n) is 3.77. The third kappa shape index (κ3) is 3.64. The van der Waals surface area contributed by atoms with E-state index in [0.717, 1.165) is 42.0 Å². The molecule has 0 aliphatic carbocycles. The van der Waals surface area contributed by atoms with Crippen molar-refractivity contribution in [2.45, 2.75) is 25.9 Å². The van der Waals surface area contributed by atoms with Gasteiger partial charge in [0.2, 0.25) is 0 Å². The normalized spacial score (nSPS) is 16.0. The molecule has 0 saturated carbocycles. The lowest BCUT2D eigenvalue weighted by Crippen LogP contribution is -2.14. The van der Waals surface area contributed by atoms with E-state index in [2.05, 4.69) is 25.6 Å². The number of aromatic nitrogens is 5. The monoisotopic (exact) mass is 418 g/mol. The number of carbonyl (C=O) groups is 1. The Kier molecular flexibility index (Phi) is 4.87. The molecule has 31 heavy (non-hydrogen) atoms. The number of amides is 1. The van der Waals surface area contributed by atoms with Crippen LogP contribution >= 0.6 is 0 Å². The van der Waals surface area contributed by atoms with Gasteiger partial charge in [-0.3, -0.25) is 4.79 Å². The van der Waals surface area contributed by atoms with E-state index < -0.39 is 0 Å². The molecular weight excluding hydrogens is 396 g/mol. The maximum atomic E-state index is 12.9. The minimum atomic E-state index is -0.329. The molecule has 1 aliphatic heterocycles. The van der Waals surface area contributed by atoms with E-state index in [9.17, 15) is 4.79 Å². The van der Waals surface area contributed by atoms with Crippen molar-refractivity contribution in [3.63, 3.8) is 0 Å². The smallest absolute Gasteiger partial charge is 0.278 e. The van der Waals surface area contributed by atoms with Gasteiger partial charge in [-0.05, 0) is 50.1 Å². The van der Waals surface area contributed by atoms with E-state index in [1.165, 1.54) is 0 Å². The average molecular weight is 418 g/mol. The fraction of sp³-hybridized carbons (Fsp3) is 0.273. The van der Waals surface area contributed by atoms with Crippen LogP contribution in [0.5, 0.6) is 5.75 Å². The Hall–Kier alpha value is -3.72. The van der Waals surface area contributed by atoms with E-state index >= 15 is 0 Å². The number of aromatic amines is 1. The maximum absolute atomic E-state index is 12.9. The molecule has 3 heterocycles. The number of fused-ring (bicyclic) bond motifs is 1. The number of nitrogens with one attached hydrogen (secondary N) is 2. The highest BCUT2D eigenvalue weighted by atomic mass is 16.5. The average Bonchev–Trinajstić information content (AvgIpc) is 3.52. The van der Waals surface area contributed by atoms with Gasteiger partial charge in [-0.1, -0.05) is 11.3 Å². The Morgan fingerprint density at radius 1 is 1.29 bits per heavy atom. The number of hydrogen-bond donors (Lipinski definition) is 2. The molecule has 4 aromatic rings. The minimum absolute atomic E-state index is 0.0136. The van der Waals surface area contributed by atoms with E-state index in [1.54, 1.807) is 18.7 Å². The van der Waals surface area contributed by atoms with Gasteiger partial charge in [-0.25, -0.2) is 9.67 Å². The molecule has 1 fully saturated rings. The van der Waals surface area contributed by atoms with Gasteiger partial charge in [-0.2, -0.15) is 0 Å². The Morgan fingerprint density at radius 3 is 3.00 bits per heavy atom. The zero-order chi connectivity index (χ0) is 21.4. The largest absolute Gasteiger partial charge is 0.497 e. The summed E-state index contributed by atoms with van der Waals surface area (Å²) in [5, 5.41) is 11.1. The number of rotatable bonds is 5. The van der Waals surface area contributed by atoms with Crippen molar-refractivity contribution in [1.29, 1.82) is 0 Å². The number of carbonyl (C=O) groups excluding carboxylic acids is 1. The van der Waals surface area contributed by atoms with Gasteiger partial charge in [-0.15, -0.1) is 5.10 Å². The predicted molar refractivity (Wildman–Crippen MR) is 115 cm³/mol. The summed E-state index contributed by atoms with van der Waals surface area (Å²) in [5.41, 5.74) is 3.99. The summed E-state index contributed by atoms with van der Waals surface area (Å²) in [6.07, 6.45) is 2.02. The molecule has 9 nitrogen and oxygen atoms in total. The number of nitrogens with zero attached hydrogens (tertiary/aromatic N) is 4. The quantitative estimate of drug-likeness (QED) is 0.513. The van der Waals surface area contributed by atoms with Gasteiger partial charge < -0.3 is 19.8 Å². The molecular formula is C22H22N6O3. The van der Waals surface area contributed by atoms with Crippen molar-refractivity contribution in [2.24, 2.45) is 0 Å². The van der Waals surface area contributed by atoms with Crippen LogP contribution in [0.1, 0.15) is 41.0 Å². The van der Waals surface area contributed by atoms with Gasteiger partial charge in [0.15, 0.2) is 5.69 Å². The highest BCUT2D eigenvalue weighted by Gasteiger charge is 2.22. The molecule has 1 saturated heterocycles. The van der Waals surface area contributed by atoms with Crippen LogP contribution in [0.25, 0.3) is 16.7 Å². The van der Waals surface area contributed by atoms with Gasteiger partial charge in [0.05, 0.1) is 29.5 Å². The number of anilines is 1.